The lowest BCUT2D eigenvalue weighted by molar-refractivity contribution is 0.0665. The maximum atomic E-state index is 12.4. The van der Waals surface area contributed by atoms with Gasteiger partial charge in [0.2, 0.25) is 0 Å². The van der Waals surface area contributed by atoms with Crippen molar-refractivity contribution >= 4 is 11.9 Å². The highest BCUT2D eigenvalue weighted by molar-refractivity contribution is 5.94. The van der Waals surface area contributed by atoms with Gasteiger partial charge in [-0.25, -0.2) is 4.79 Å². The highest BCUT2D eigenvalue weighted by atomic mass is 16.2. The molecule has 22 heavy (non-hydrogen) atoms. The number of nitrogens with one attached hydrogen (secondary N) is 1. The van der Waals surface area contributed by atoms with Crippen molar-refractivity contribution in [1.82, 2.24) is 15.1 Å². The van der Waals surface area contributed by atoms with Gasteiger partial charge in [0.15, 0.2) is 0 Å². The van der Waals surface area contributed by atoms with Crippen molar-refractivity contribution in [3.8, 4) is 0 Å². The van der Waals surface area contributed by atoms with Gasteiger partial charge in [0.05, 0.1) is 0 Å². The predicted octanol–water partition coefficient (Wildman–Crippen LogP) is 2.12. The zero-order valence-electron chi connectivity index (χ0n) is 13.6. The molecule has 1 fully saturated rings. The molecule has 0 radical (unpaired) electrons. The molecule has 0 unspecified atom stereocenters. The third-order valence-corrected chi connectivity index (χ3v) is 3.81. The topological polar surface area (TPSA) is 52.7 Å². The molecule has 0 aliphatic carbocycles. The number of benzene rings is 1. The molecule has 1 heterocycles. The van der Waals surface area contributed by atoms with E-state index in [2.05, 4.69) is 19.2 Å². The Morgan fingerprint density at radius 2 is 1.59 bits per heavy atom. The van der Waals surface area contributed by atoms with E-state index < -0.39 is 0 Å². The Morgan fingerprint density at radius 3 is 2.14 bits per heavy atom. The van der Waals surface area contributed by atoms with E-state index in [4.69, 9.17) is 0 Å². The number of hydrogen-bond donors (Lipinski definition) is 1. The molecule has 1 aromatic rings. The molecule has 1 aliphatic heterocycles. The summed E-state index contributed by atoms with van der Waals surface area (Å²) < 4.78 is 0. The molecule has 5 heteroatoms. The van der Waals surface area contributed by atoms with E-state index in [0.29, 0.717) is 44.2 Å². The van der Waals surface area contributed by atoms with Crippen LogP contribution in [-0.2, 0) is 0 Å². The second-order valence-corrected chi connectivity index (χ2v) is 6.23. The first-order valence-electron chi connectivity index (χ1n) is 7.86. The van der Waals surface area contributed by atoms with Crippen molar-refractivity contribution in [3.05, 3.63) is 35.4 Å². The van der Waals surface area contributed by atoms with Crippen molar-refractivity contribution in [3.63, 3.8) is 0 Å². The van der Waals surface area contributed by atoms with Crippen molar-refractivity contribution < 1.29 is 9.59 Å². The molecule has 0 spiro atoms. The number of nitrogens with zero attached hydrogens (tertiary/aromatic N) is 2. The van der Waals surface area contributed by atoms with Crippen molar-refractivity contribution in [1.29, 1.82) is 0 Å². The number of hydrogen-bond acceptors (Lipinski definition) is 2. The van der Waals surface area contributed by atoms with Gasteiger partial charge in [-0.2, -0.15) is 0 Å². The largest absolute Gasteiger partial charge is 0.338 e. The van der Waals surface area contributed by atoms with E-state index in [1.165, 1.54) is 0 Å². The van der Waals surface area contributed by atoms with Gasteiger partial charge in [-0.05, 0) is 25.0 Å². The number of rotatable bonds is 3. The number of carbonyl (C=O) groups excluding carboxylic acids is 2. The van der Waals surface area contributed by atoms with Crippen molar-refractivity contribution in [2.75, 3.05) is 32.7 Å². The van der Waals surface area contributed by atoms with Gasteiger partial charge in [-0.15, -0.1) is 0 Å². The number of carbonyl (C=O) groups is 2. The average molecular weight is 303 g/mol. The lowest BCUT2D eigenvalue weighted by atomic mass is 10.1. The second kappa shape index (κ2) is 7.29. The summed E-state index contributed by atoms with van der Waals surface area (Å²) in [7, 11) is 0. The van der Waals surface area contributed by atoms with Gasteiger partial charge in [0.1, 0.15) is 0 Å². The van der Waals surface area contributed by atoms with Crippen LogP contribution in [0, 0.1) is 12.8 Å². The van der Waals surface area contributed by atoms with E-state index in [1.807, 2.05) is 36.1 Å². The molecule has 3 amide bonds. The minimum atomic E-state index is -0.0314. The molecule has 1 saturated heterocycles. The third kappa shape index (κ3) is 4.23. The number of amides is 3. The van der Waals surface area contributed by atoms with Gasteiger partial charge >= 0.3 is 6.03 Å². The molecule has 120 valence electrons. The molecule has 1 aliphatic rings. The normalized spacial score (nSPS) is 15.1. The molecule has 2 rings (SSSR count). The van der Waals surface area contributed by atoms with Gasteiger partial charge in [0.25, 0.3) is 5.91 Å². The van der Waals surface area contributed by atoms with Gasteiger partial charge in [-0.1, -0.05) is 31.5 Å². The molecule has 0 aromatic heterocycles. The quantitative estimate of drug-likeness (QED) is 0.930. The van der Waals surface area contributed by atoms with Crippen LogP contribution in [0.25, 0.3) is 0 Å². The first-order valence-corrected chi connectivity index (χ1v) is 7.86. The van der Waals surface area contributed by atoms with Gasteiger partial charge in [-0.3, -0.25) is 4.79 Å². The highest BCUT2D eigenvalue weighted by Gasteiger charge is 2.24. The Labute approximate surface area is 132 Å². The summed E-state index contributed by atoms with van der Waals surface area (Å²) in [5, 5.41) is 2.92. The fraction of sp³-hybridized carbons (Fsp3) is 0.529. The minimum absolute atomic E-state index is 0.0314. The number of piperazine rings is 1. The first-order chi connectivity index (χ1) is 10.5. The fourth-order valence-corrected chi connectivity index (χ4v) is 2.39. The Bertz CT molecular complexity index is 517. The fourth-order valence-electron chi connectivity index (χ4n) is 2.39. The minimum Gasteiger partial charge on any atom is -0.338 e. The summed E-state index contributed by atoms with van der Waals surface area (Å²) in [4.78, 5) is 28.0. The van der Waals surface area contributed by atoms with Crippen LogP contribution >= 0.6 is 0 Å². The zero-order valence-corrected chi connectivity index (χ0v) is 13.6. The summed E-state index contributed by atoms with van der Waals surface area (Å²) in [6.45, 7) is 9.16. The lowest BCUT2D eigenvalue weighted by Gasteiger charge is -2.35. The Hall–Kier alpha value is -2.04. The maximum absolute atomic E-state index is 12.4. The number of urea groups is 1. The summed E-state index contributed by atoms with van der Waals surface area (Å²) in [6.07, 6.45) is 0. The summed E-state index contributed by atoms with van der Waals surface area (Å²) in [6, 6.07) is 7.58. The Balaban J connectivity index is 1.85. The van der Waals surface area contributed by atoms with E-state index in [9.17, 15) is 9.59 Å². The molecule has 1 aromatic carbocycles. The second-order valence-electron chi connectivity index (χ2n) is 6.23. The van der Waals surface area contributed by atoms with Crippen LogP contribution in [-0.4, -0.2) is 54.5 Å². The van der Waals surface area contributed by atoms with Crippen LogP contribution in [0.4, 0.5) is 4.79 Å². The lowest BCUT2D eigenvalue weighted by Crippen LogP contribution is -2.53. The van der Waals surface area contributed by atoms with Crippen LogP contribution in [0.3, 0.4) is 0 Å². The molecule has 0 saturated carbocycles. The van der Waals surface area contributed by atoms with Crippen LogP contribution in [0.2, 0.25) is 0 Å². The van der Waals surface area contributed by atoms with Gasteiger partial charge in [0, 0.05) is 38.3 Å². The van der Waals surface area contributed by atoms with Crippen molar-refractivity contribution in [2.45, 2.75) is 20.8 Å². The van der Waals surface area contributed by atoms with E-state index in [0.717, 1.165) is 5.56 Å². The van der Waals surface area contributed by atoms with E-state index in [1.54, 1.807) is 4.90 Å². The van der Waals surface area contributed by atoms with Crippen LogP contribution < -0.4 is 5.32 Å². The first kappa shape index (κ1) is 16.3. The average Bonchev–Trinajstić information content (AvgIpc) is 2.53. The monoisotopic (exact) mass is 303 g/mol. The van der Waals surface area contributed by atoms with Gasteiger partial charge < -0.3 is 15.1 Å². The highest BCUT2D eigenvalue weighted by Crippen LogP contribution is 2.10. The zero-order chi connectivity index (χ0) is 16.1. The maximum Gasteiger partial charge on any atom is 0.317 e. The molecule has 5 nitrogen and oxygen atoms in total. The smallest absolute Gasteiger partial charge is 0.317 e. The Morgan fingerprint density at radius 1 is 1.05 bits per heavy atom. The van der Waals surface area contributed by atoms with E-state index in [-0.39, 0.29) is 11.9 Å². The molecule has 0 bridgehead atoms. The van der Waals surface area contributed by atoms with Crippen LogP contribution in [0.5, 0.6) is 0 Å². The molecular formula is C17H25N3O2. The molecule has 1 N–H and O–H groups in total. The third-order valence-electron chi connectivity index (χ3n) is 3.81. The summed E-state index contributed by atoms with van der Waals surface area (Å²) in [5.74, 6) is 0.482. The standard InChI is InChI=1S/C17H25N3O2/c1-13(2)12-18-17(22)20-10-8-19(9-11-20)16(21)15-6-4-14(3)5-7-15/h4-7,13H,8-12H2,1-3H3,(H,18,22). The predicted molar refractivity (Wildman–Crippen MR) is 86.9 cm³/mol. The van der Waals surface area contributed by atoms with Crippen LogP contribution in [0.15, 0.2) is 24.3 Å². The molecule has 0 atom stereocenters. The van der Waals surface area contributed by atoms with E-state index >= 15 is 0 Å². The molecular weight excluding hydrogens is 278 g/mol. The summed E-state index contributed by atoms with van der Waals surface area (Å²) in [5.41, 5.74) is 1.85. The SMILES string of the molecule is Cc1ccc(C(=O)N2CCN(C(=O)NCC(C)C)CC2)cc1. The summed E-state index contributed by atoms with van der Waals surface area (Å²) >= 11 is 0. The van der Waals surface area contributed by atoms with Crippen LogP contribution in [0.1, 0.15) is 29.8 Å². The Kier molecular flexibility index (Phi) is 5.41. The van der Waals surface area contributed by atoms with Crippen molar-refractivity contribution in [2.24, 2.45) is 5.92 Å². The number of aryl methyl sites for hydroxylation is 1.